The summed E-state index contributed by atoms with van der Waals surface area (Å²) in [6.45, 7) is 4.45. The maximum atomic E-state index is 4.73. The molecule has 0 spiro atoms. The van der Waals surface area contributed by atoms with Crippen LogP contribution in [0.5, 0.6) is 0 Å². The molecule has 0 saturated carbocycles. The molecule has 0 aliphatic heterocycles. The predicted molar refractivity (Wildman–Crippen MR) is 114 cm³/mol. The van der Waals surface area contributed by atoms with Crippen LogP contribution in [0.2, 0.25) is 0 Å². The normalized spacial score (nSPS) is 11.4. The zero-order valence-electron chi connectivity index (χ0n) is 14.4. The second-order valence-corrected chi connectivity index (χ2v) is 6.30. The van der Waals surface area contributed by atoms with Gasteiger partial charge >= 0.3 is 0 Å². The van der Waals surface area contributed by atoms with Gasteiger partial charge in [0.1, 0.15) is 5.82 Å². The van der Waals surface area contributed by atoms with Crippen LogP contribution in [0.15, 0.2) is 46.2 Å². The van der Waals surface area contributed by atoms with E-state index in [1.165, 1.54) is 5.56 Å². The highest BCUT2D eigenvalue weighted by atomic mass is 127. The average Bonchev–Trinajstić information content (AvgIpc) is 3.24. The Morgan fingerprint density at radius 3 is 2.96 bits per heavy atom. The van der Waals surface area contributed by atoms with Crippen molar-refractivity contribution in [2.24, 2.45) is 4.99 Å². The molecule has 1 N–H and O–H groups in total. The van der Waals surface area contributed by atoms with E-state index >= 15 is 0 Å². The Labute approximate surface area is 169 Å². The van der Waals surface area contributed by atoms with Gasteiger partial charge in [0.25, 0.3) is 0 Å². The molecule has 3 aromatic rings. The first kappa shape index (κ1) is 19.6. The number of fused-ring (bicyclic) bond motifs is 1. The number of hydrogen-bond acceptors (Lipinski definition) is 4. The number of guanidine groups is 1. The van der Waals surface area contributed by atoms with E-state index < -0.39 is 0 Å². The van der Waals surface area contributed by atoms with Gasteiger partial charge in [-0.25, -0.2) is 0 Å². The molecule has 0 aliphatic rings. The lowest BCUT2D eigenvalue weighted by atomic mass is 10.3. The Morgan fingerprint density at radius 2 is 2.20 bits per heavy atom. The smallest absolute Gasteiger partial charge is 0.193 e. The zero-order chi connectivity index (χ0) is 16.8. The van der Waals surface area contributed by atoms with Crippen LogP contribution >= 0.6 is 35.3 Å². The van der Waals surface area contributed by atoms with E-state index in [2.05, 4.69) is 51.2 Å². The SMILES string of the molecule is CCNC(=NCCc1nnc2ccccn12)N(C)Cc1ccsc1.I. The van der Waals surface area contributed by atoms with Crippen LogP contribution in [0, 0.1) is 0 Å². The van der Waals surface area contributed by atoms with Crippen molar-refractivity contribution in [3.63, 3.8) is 0 Å². The summed E-state index contributed by atoms with van der Waals surface area (Å²) in [7, 11) is 2.06. The lowest BCUT2D eigenvalue weighted by molar-refractivity contribution is 0.477. The molecule has 3 heterocycles. The second kappa shape index (κ2) is 9.71. The molecule has 0 radical (unpaired) electrons. The van der Waals surface area contributed by atoms with Crippen LogP contribution in [-0.4, -0.2) is 45.6 Å². The number of nitrogens with one attached hydrogen (secondary N) is 1. The summed E-state index contributed by atoms with van der Waals surface area (Å²) in [5.41, 5.74) is 2.18. The highest BCUT2D eigenvalue weighted by molar-refractivity contribution is 14.0. The number of pyridine rings is 1. The van der Waals surface area contributed by atoms with Crippen LogP contribution in [0.25, 0.3) is 5.65 Å². The summed E-state index contributed by atoms with van der Waals surface area (Å²) in [5, 5.41) is 16.1. The Hall–Kier alpha value is -1.68. The van der Waals surface area contributed by atoms with E-state index in [1.807, 2.05) is 28.8 Å². The van der Waals surface area contributed by atoms with E-state index in [4.69, 9.17) is 4.99 Å². The highest BCUT2D eigenvalue weighted by Crippen LogP contribution is 2.09. The molecule has 134 valence electrons. The molecule has 25 heavy (non-hydrogen) atoms. The van der Waals surface area contributed by atoms with Gasteiger partial charge in [0, 0.05) is 39.3 Å². The number of aliphatic imine (C=N–C) groups is 1. The average molecular weight is 470 g/mol. The van der Waals surface area contributed by atoms with Gasteiger partial charge in [-0.05, 0) is 41.4 Å². The molecular weight excluding hydrogens is 447 g/mol. The van der Waals surface area contributed by atoms with Gasteiger partial charge in [-0.15, -0.1) is 34.2 Å². The van der Waals surface area contributed by atoms with Gasteiger partial charge < -0.3 is 10.2 Å². The van der Waals surface area contributed by atoms with Gasteiger partial charge in [0.05, 0.1) is 0 Å². The first-order valence-corrected chi connectivity index (χ1v) is 9.01. The number of aromatic nitrogens is 3. The second-order valence-electron chi connectivity index (χ2n) is 5.52. The van der Waals surface area contributed by atoms with Crippen molar-refractivity contribution in [2.45, 2.75) is 19.9 Å². The Bertz CT molecular complexity index is 798. The predicted octanol–water partition coefficient (Wildman–Crippen LogP) is 3.05. The fourth-order valence-corrected chi connectivity index (χ4v) is 3.18. The molecule has 8 heteroatoms. The van der Waals surface area contributed by atoms with E-state index in [1.54, 1.807) is 11.3 Å². The number of rotatable bonds is 6. The maximum Gasteiger partial charge on any atom is 0.193 e. The molecule has 0 unspecified atom stereocenters. The van der Waals surface area contributed by atoms with Crippen LogP contribution in [-0.2, 0) is 13.0 Å². The third-order valence-corrected chi connectivity index (χ3v) is 4.41. The molecule has 0 fully saturated rings. The van der Waals surface area contributed by atoms with Crippen molar-refractivity contribution >= 4 is 46.9 Å². The summed E-state index contributed by atoms with van der Waals surface area (Å²) < 4.78 is 2.01. The third kappa shape index (κ3) is 5.15. The van der Waals surface area contributed by atoms with Crippen LogP contribution < -0.4 is 5.32 Å². The van der Waals surface area contributed by atoms with Gasteiger partial charge in [-0.1, -0.05) is 6.07 Å². The summed E-state index contributed by atoms with van der Waals surface area (Å²) in [6.07, 6.45) is 2.74. The quantitative estimate of drug-likeness (QED) is 0.342. The number of hydrogen-bond donors (Lipinski definition) is 1. The van der Waals surface area contributed by atoms with Crippen LogP contribution in [0.4, 0.5) is 0 Å². The van der Waals surface area contributed by atoms with Crippen molar-refractivity contribution in [1.29, 1.82) is 0 Å². The first-order valence-electron chi connectivity index (χ1n) is 8.07. The minimum atomic E-state index is 0. The number of halogens is 1. The summed E-state index contributed by atoms with van der Waals surface area (Å²) in [6, 6.07) is 8.06. The molecule has 0 atom stereocenters. The molecule has 0 saturated heterocycles. The maximum absolute atomic E-state index is 4.73. The van der Waals surface area contributed by atoms with E-state index in [9.17, 15) is 0 Å². The lowest BCUT2D eigenvalue weighted by Gasteiger charge is -2.21. The number of thiophene rings is 1. The van der Waals surface area contributed by atoms with Crippen molar-refractivity contribution < 1.29 is 0 Å². The summed E-state index contributed by atoms with van der Waals surface area (Å²) in [5.74, 6) is 1.85. The minimum Gasteiger partial charge on any atom is -0.357 e. The van der Waals surface area contributed by atoms with E-state index in [0.717, 1.165) is 36.9 Å². The molecular formula is C17H23IN6S. The topological polar surface area (TPSA) is 57.8 Å². The lowest BCUT2D eigenvalue weighted by Crippen LogP contribution is -2.38. The van der Waals surface area contributed by atoms with Crippen molar-refractivity contribution in [2.75, 3.05) is 20.1 Å². The molecule has 0 amide bonds. The standard InChI is InChI=1S/C17H22N6S.HI/c1-3-18-17(22(2)12-14-8-11-24-13-14)19-9-7-16-21-20-15-6-4-5-10-23(15)16;/h4-6,8,10-11,13H,3,7,9,12H2,1-2H3,(H,18,19);1H. The van der Waals surface area contributed by atoms with Crippen LogP contribution in [0.1, 0.15) is 18.3 Å². The van der Waals surface area contributed by atoms with Gasteiger partial charge in [0.15, 0.2) is 11.6 Å². The molecule has 3 aromatic heterocycles. The molecule has 3 rings (SSSR count). The van der Waals surface area contributed by atoms with Crippen molar-refractivity contribution in [3.8, 4) is 0 Å². The van der Waals surface area contributed by atoms with E-state index in [-0.39, 0.29) is 24.0 Å². The summed E-state index contributed by atoms with van der Waals surface area (Å²) >= 11 is 1.72. The molecule has 0 aliphatic carbocycles. The Kier molecular flexibility index (Phi) is 7.63. The summed E-state index contributed by atoms with van der Waals surface area (Å²) in [4.78, 5) is 6.88. The molecule has 0 bridgehead atoms. The highest BCUT2D eigenvalue weighted by Gasteiger charge is 2.08. The van der Waals surface area contributed by atoms with Gasteiger partial charge in [0.2, 0.25) is 0 Å². The fourth-order valence-electron chi connectivity index (χ4n) is 2.52. The molecule has 0 aromatic carbocycles. The third-order valence-electron chi connectivity index (χ3n) is 3.68. The molecule has 6 nitrogen and oxygen atoms in total. The Morgan fingerprint density at radius 1 is 1.32 bits per heavy atom. The Balaban J connectivity index is 0.00000225. The van der Waals surface area contributed by atoms with Crippen molar-refractivity contribution in [3.05, 3.63) is 52.6 Å². The largest absolute Gasteiger partial charge is 0.357 e. The minimum absolute atomic E-state index is 0. The van der Waals surface area contributed by atoms with Gasteiger partial charge in [-0.3, -0.25) is 9.39 Å². The first-order chi connectivity index (χ1) is 11.8. The monoisotopic (exact) mass is 470 g/mol. The van der Waals surface area contributed by atoms with Crippen molar-refractivity contribution in [1.82, 2.24) is 24.8 Å². The van der Waals surface area contributed by atoms with Gasteiger partial charge in [-0.2, -0.15) is 11.3 Å². The number of nitrogens with zero attached hydrogens (tertiary/aromatic N) is 5. The van der Waals surface area contributed by atoms with E-state index in [0.29, 0.717) is 6.54 Å². The zero-order valence-corrected chi connectivity index (χ0v) is 17.6. The fraction of sp³-hybridized carbons (Fsp3) is 0.353. The van der Waals surface area contributed by atoms with Crippen LogP contribution in [0.3, 0.4) is 0 Å².